The van der Waals surface area contributed by atoms with Crippen molar-refractivity contribution in [2.45, 2.75) is 63.4 Å². The minimum absolute atomic E-state index is 0.157. The second-order valence-corrected chi connectivity index (χ2v) is 6.24. The summed E-state index contributed by atoms with van der Waals surface area (Å²) in [5.74, 6) is -2.55. The molecule has 20 heavy (non-hydrogen) atoms. The Balaban J connectivity index is 1.87. The molecule has 0 aliphatic carbocycles. The highest BCUT2D eigenvalue weighted by molar-refractivity contribution is 5.03. The zero-order valence-corrected chi connectivity index (χ0v) is 12.1. The SMILES string of the molecule is CC1(C)OC2COC3(CNN=[N-])OC(C)(C)OC3C2O1. The third kappa shape index (κ3) is 2.21. The molecule has 1 N–H and O–H groups in total. The molecule has 3 aliphatic rings. The van der Waals surface area contributed by atoms with Crippen molar-refractivity contribution in [2.75, 3.05) is 13.2 Å². The monoisotopic (exact) mass is 286 g/mol. The van der Waals surface area contributed by atoms with Crippen LogP contribution in [0.1, 0.15) is 27.7 Å². The molecule has 114 valence electrons. The molecule has 3 fully saturated rings. The molecular formula is C12H20N3O5-. The molecule has 3 rings (SSSR count). The fourth-order valence-corrected chi connectivity index (χ4v) is 3.13. The molecule has 0 saturated carbocycles. The number of ether oxygens (including phenoxy) is 5. The highest BCUT2D eigenvalue weighted by Crippen LogP contribution is 2.47. The molecule has 8 nitrogen and oxygen atoms in total. The van der Waals surface area contributed by atoms with Gasteiger partial charge in [-0.05, 0) is 27.7 Å². The molecule has 0 amide bonds. The van der Waals surface area contributed by atoms with Crippen molar-refractivity contribution in [1.82, 2.24) is 5.43 Å². The minimum Gasteiger partial charge on any atom is -0.409 e. The van der Waals surface area contributed by atoms with Gasteiger partial charge in [0.15, 0.2) is 11.6 Å². The zero-order valence-electron chi connectivity index (χ0n) is 12.1. The third-order valence-corrected chi connectivity index (χ3v) is 3.67. The van der Waals surface area contributed by atoms with E-state index >= 15 is 0 Å². The van der Waals surface area contributed by atoms with Crippen molar-refractivity contribution in [1.29, 1.82) is 0 Å². The van der Waals surface area contributed by atoms with Crippen molar-refractivity contribution in [3.05, 3.63) is 5.53 Å². The Morgan fingerprint density at radius 2 is 1.90 bits per heavy atom. The van der Waals surface area contributed by atoms with Gasteiger partial charge in [-0.3, -0.25) is 5.22 Å². The van der Waals surface area contributed by atoms with Crippen molar-refractivity contribution >= 4 is 0 Å². The van der Waals surface area contributed by atoms with E-state index in [2.05, 4.69) is 10.6 Å². The van der Waals surface area contributed by atoms with Crippen LogP contribution in [0.3, 0.4) is 0 Å². The van der Waals surface area contributed by atoms with E-state index in [1.807, 2.05) is 27.7 Å². The van der Waals surface area contributed by atoms with E-state index in [4.69, 9.17) is 29.2 Å². The van der Waals surface area contributed by atoms with Crippen LogP contribution in [-0.4, -0.2) is 48.8 Å². The summed E-state index contributed by atoms with van der Waals surface area (Å²) in [6.45, 7) is 7.82. The summed E-state index contributed by atoms with van der Waals surface area (Å²) in [7, 11) is 0. The molecule has 3 saturated heterocycles. The topological polar surface area (TPSA) is 92.8 Å². The standard InChI is InChI=1S/C12H20N3O5/c1-10(2)17-7-5-16-12(6-14-15-13)9(8(7)18-10)19-11(3,4)20-12/h7-9H,5-6H2,1-4H3,(H-,13,14)/q-1. The molecule has 0 aromatic rings. The fourth-order valence-electron chi connectivity index (χ4n) is 3.13. The summed E-state index contributed by atoms with van der Waals surface area (Å²) in [6.07, 6.45) is -0.958. The molecule has 4 atom stereocenters. The predicted octanol–water partition coefficient (Wildman–Crippen LogP) is 0.911. The lowest BCUT2D eigenvalue weighted by Crippen LogP contribution is -2.61. The van der Waals surface area contributed by atoms with Crippen LogP contribution < -0.4 is 5.43 Å². The van der Waals surface area contributed by atoms with Gasteiger partial charge in [-0.25, -0.2) is 0 Å². The van der Waals surface area contributed by atoms with Gasteiger partial charge in [-0.1, -0.05) is 0 Å². The Kier molecular flexibility index (Phi) is 3.07. The summed E-state index contributed by atoms with van der Waals surface area (Å²) >= 11 is 0. The molecule has 3 aliphatic heterocycles. The maximum absolute atomic E-state index is 8.62. The van der Waals surface area contributed by atoms with Crippen molar-refractivity contribution < 1.29 is 23.7 Å². The Morgan fingerprint density at radius 1 is 1.15 bits per heavy atom. The molecule has 0 aromatic heterocycles. The first-order chi connectivity index (χ1) is 9.27. The predicted molar refractivity (Wildman–Crippen MR) is 66.3 cm³/mol. The smallest absolute Gasteiger partial charge is 0.201 e. The maximum Gasteiger partial charge on any atom is 0.201 e. The molecule has 3 heterocycles. The third-order valence-electron chi connectivity index (χ3n) is 3.67. The van der Waals surface area contributed by atoms with Gasteiger partial charge in [0.25, 0.3) is 0 Å². The first-order valence-corrected chi connectivity index (χ1v) is 6.71. The van der Waals surface area contributed by atoms with Crippen LogP contribution in [0.25, 0.3) is 5.53 Å². The van der Waals surface area contributed by atoms with Crippen LogP contribution in [0.15, 0.2) is 5.22 Å². The van der Waals surface area contributed by atoms with Crippen molar-refractivity contribution in [3.8, 4) is 0 Å². The van der Waals surface area contributed by atoms with E-state index < -0.39 is 23.5 Å². The van der Waals surface area contributed by atoms with Crippen LogP contribution in [-0.2, 0) is 23.7 Å². The van der Waals surface area contributed by atoms with Crippen molar-refractivity contribution in [2.24, 2.45) is 5.22 Å². The van der Waals surface area contributed by atoms with Gasteiger partial charge in [0.05, 0.1) is 6.61 Å². The van der Waals surface area contributed by atoms with E-state index in [1.54, 1.807) is 0 Å². The Bertz CT molecular complexity index is 416. The number of nitrogens with zero attached hydrogens (tertiary/aromatic N) is 2. The average molecular weight is 286 g/mol. The lowest BCUT2D eigenvalue weighted by molar-refractivity contribution is -0.277. The largest absolute Gasteiger partial charge is 0.409 e. The van der Waals surface area contributed by atoms with Crippen LogP contribution in [0, 0.1) is 0 Å². The molecule has 8 heteroatoms. The van der Waals surface area contributed by atoms with E-state index in [9.17, 15) is 0 Å². The van der Waals surface area contributed by atoms with Gasteiger partial charge in [-0.15, -0.1) is 0 Å². The van der Waals surface area contributed by atoms with Gasteiger partial charge >= 0.3 is 0 Å². The van der Waals surface area contributed by atoms with E-state index in [0.29, 0.717) is 6.61 Å². The number of hydrogen-bond donors (Lipinski definition) is 1. The lowest BCUT2D eigenvalue weighted by Gasteiger charge is -2.41. The second kappa shape index (κ2) is 4.35. The molecule has 0 bridgehead atoms. The van der Waals surface area contributed by atoms with Crippen molar-refractivity contribution in [3.63, 3.8) is 0 Å². The number of nitrogens with one attached hydrogen (secondary N) is 1. The van der Waals surface area contributed by atoms with E-state index in [-0.39, 0.29) is 18.8 Å². The van der Waals surface area contributed by atoms with Crippen LogP contribution in [0.4, 0.5) is 0 Å². The highest BCUT2D eigenvalue weighted by Gasteiger charge is 2.64. The average Bonchev–Trinajstić information content (AvgIpc) is 2.78. The maximum atomic E-state index is 8.62. The number of hydrogen-bond acceptors (Lipinski definition) is 6. The molecular weight excluding hydrogens is 266 g/mol. The van der Waals surface area contributed by atoms with Crippen LogP contribution in [0.2, 0.25) is 0 Å². The Labute approximate surface area is 117 Å². The lowest BCUT2D eigenvalue weighted by atomic mass is 9.97. The summed E-state index contributed by atoms with van der Waals surface area (Å²) in [5.41, 5.74) is 11.1. The Hall–Kier alpha value is -0.800. The van der Waals surface area contributed by atoms with Crippen LogP contribution in [0.5, 0.6) is 0 Å². The van der Waals surface area contributed by atoms with Gasteiger partial charge in [0.2, 0.25) is 5.79 Å². The van der Waals surface area contributed by atoms with E-state index in [1.165, 1.54) is 0 Å². The summed E-state index contributed by atoms with van der Waals surface area (Å²) in [4.78, 5) is 0. The Morgan fingerprint density at radius 3 is 2.60 bits per heavy atom. The summed E-state index contributed by atoms with van der Waals surface area (Å²) in [5, 5.41) is 2.91. The van der Waals surface area contributed by atoms with E-state index in [0.717, 1.165) is 0 Å². The second-order valence-electron chi connectivity index (χ2n) is 6.24. The molecule has 4 unspecified atom stereocenters. The quantitative estimate of drug-likeness (QED) is 0.612. The molecule has 0 radical (unpaired) electrons. The van der Waals surface area contributed by atoms with Gasteiger partial charge in [0.1, 0.15) is 18.3 Å². The zero-order chi connectivity index (χ0) is 14.6. The first kappa shape index (κ1) is 14.2. The highest BCUT2D eigenvalue weighted by atomic mass is 16.9. The van der Waals surface area contributed by atoms with Gasteiger partial charge in [-0.2, -0.15) is 0 Å². The fraction of sp³-hybridized carbons (Fsp3) is 1.00. The minimum atomic E-state index is -1.05. The molecule has 0 spiro atoms. The van der Waals surface area contributed by atoms with Crippen LogP contribution >= 0.6 is 0 Å². The first-order valence-electron chi connectivity index (χ1n) is 6.71. The summed E-state index contributed by atoms with van der Waals surface area (Å²) in [6, 6.07) is 0. The van der Waals surface area contributed by atoms with Gasteiger partial charge in [0, 0.05) is 6.54 Å². The number of fused-ring (bicyclic) bond motifs is 3. The summed E-state index contributed by atoms with van der Waals surface area (Å²) < 4.78 is 29.4. The van der Waals surface area contributed by atoms with Gasteiger partial charge < -0.3 is 34.6 Å². The molecule has 0 aromatic carbocycles. The number of rotatable bonds is 3. The normalized spacial score (nSPS) is 44.7.